The molecule has 0 radical (unpaired) electrons. The van der Waals surface area contributed by atoms with E-state index < -0.39 is 0 Å². The molecule has 0 spiro atoms. The third kappa shape index (κ3) is 4.34. The Labute approximate surface area is 140 Å². The zero-order chi connectivity index (χ0) is 16.9. The van der Waals surface area contributed by atoms with E-state index in [9.17, 15) is 14.0 Å². The zero-order valence-electron chi connectivity index (χ0n) is 13.5. The maximum Gasteiger partial charge on any atom is 0.319 e. The van der Waals surface area contributed by atoms with Crippen LogP contribution in [-0.2, 0) is 4.79 Å². The lowest BCUT2D eigenvalue weighted by Gasteiger charge is -2.19. The van der Waals surface area contributed by atoms with Crippen LogP contribution >= 0.6 is 0 Å². The number of nitrogens with one attached hydrogen (secondary N) is 2. The highest BCUT2D eigenvalue weighted by Crippen LogP contribution is 2.22. The number of urea groups is 1. The van der Waals surface area contributed by atoms with Gasteiger partial charge in [-0.25, -0.2) is 9.18 Å². The van der Waals surface area contributed by atoms with Crippen LogP contribution in [0.5, 0.6) is 0 Å². The molecular weight excluding hydrogens is 309 g/mol. The summed E-state index contributed by atoms with van der Waals surface area (Å²) in [4.78, 5) is 26.1. The molecule has 1 aliphatic carbocycles. The molecule has 1 fully saturated rings. The van der Waals surface area contributed by atoms with Gasteiger partial charge in [-0.3, -0.25) is 4.79 Å². The lowest BCUT2D eigenvalue weighted by molar-refractivity contribution is -0.130. The number of carbonyl (C=O) groups is 2. The van der Waals surface area contributed by atoms with Gasteiger partial charge in [0.25, 0.3) is 0 Å². The maximum absolute atomic E-state index is 12.8. The molecule has 2 aliphatic rings. The minimum Gasteiger partial charge on any atom is -0.341 e. The van der Waals surface area contributed by atoms with E-state index in [1.54, 1.807) is 0 Å². The van der Waals surface area contributed by atoms with Gasteiger partial charge in [0, 0.05) is 31.2 Å². The summed E-state index contributed by atoms with van der Waals surface area (Å²) in [5.74, 6) is 0.184. The molecule has 2 atom stereocenters. The first-order valence-corrected chi connectivity index (χ1v) is 8.37. The summed E-state index contributed by atoms with van der Waals surface area (Å²) < 4.78 is 12.8. The van der Waals surface area contributed by atoms with Gasteiger partial charge < -0.3 is 15.5 Å². The molecule has 1 aromatic carbocycles. The van der Waals surface area contributed by atoms with Crippen molar-refractivity contribution in [2.75, 3.05) is 18.4 Å². The highest BCUT2D eigenvalue weighted by molar-refractivity contribution is 5.89. The molecule has 3 amide bonds. The number of carbonyl (C=O) groups excluding carboxylic acids is 2. The first-order chi connectivity index (χ1) is 11.6. The number of nitrogens with zero attached hydrogens (tertiary/aromatic N) is 1. The van der Waals surface area contributed by atoms with Gasteiger partial charge in [-0.1, -0.05) is 12.2 Å². The molecule has 1 aromatic rings. The lowest BCUT2D eigenvalue weighted by Crippen LogP contribution is -2.40. The molecule has 1 heterocycles. The van der Waals surface area contributed by atoms with Crippen molar-refractivity contribution in [3.05, 3.63) is 42.2 Å². The average molecular weight is 331 g/mol. The Kier molecular flexibility index (Phi) is 5.13. The number of anilines is 1. The van der Waals surface area contributed by atoms with Gasteiger partial charge in [0.05, 0.1) is 0 Å². The van der Waals surface area contributed by atoms with Crippen molar-refractivity contribution >= 4 is 17.6 Å². The number of hydrogen-bond acceptors (Lipinski definition) is 2. The minimum absolute atomic E-state index is 0.0477. The van der Waals surface area contributed by atoms with Crippen molar-refractivity contribution in [2.24, 2.45) is 5.92 Å². The predicted octanol–water partition coefficient (Wildman–Crippen LogP) is 2.90. The van der Waals surface area contributed by atoms with Crippen molar-refractivity contribution in [1.29, 1.82) is 0 Å². The predicted molar refractivity (Wildman–Crippen MR) is 90.0 cm³/mol. The van der Waals surface area contributed by atoms with Crippen molar-refractivity contribution in [2.45, 2.75) is 31.7 Å². The standard InChI is InChI=1S/C18H22FN3O2/c19-14-5-7-15(8-6-14)20-18(24)21-16-9-10-22(12-16)17(23)11-13-3-1-2-4-13/h1,3,5-8,13,16H,2,4,9-12H2,(H2,20,21,24)/t13-,16-/m1/s1. The third-order valence-electron chi connectivity index (χ3n) is 4.53. The molecule has 0 saturated carbocycles. The number of allylic oxidation sites excluding steroid dienone is 2. The second kappa shape index (κ2) is 7.47. The maximum atomic E-state index is 12.8. The number of amides is 3. The van der Waals surface area contributed by atoms with Crippen LogP contribution in [0.25, 0.3) is 0 Å². The molecule has 5 nitrogen and oxygen atoms in total. The van der Waals surface area contributed by atoms with Crippen molar-refractivity contribution in [3.63, 3.8) is 0 Å². The summed E-state index contributed by atoms with van der Waals surface area (Å²) in [5, 5.41) is 5.54. The van der Waals surface area contributed by atoms with Crippen molar-refractivity contribution in [3.8, 4) is 0 Å². The van der Waals surface area contributed by atoms with E-state index in [2.05, 4.69) is 22.8 Å². The molecule has 1 saturated heterocycles. The molecule has 2 N–H and O–H groups in total. The van der Waals surface area contributed by atoms with Crippen LogP contribution in [0, 0.1) is 11.7 Å². The number of likely N-dealkylation sites (tertiary alicyclic amines) is 1. The molecule has 0 unspecified atom stereocenters. The second-order valence-corrected chi connectivity index (χ2v) is 6.40. The number of rotatable bonds is 4. The van der Waals surface area contributed by atoms with E-state index in [0.29, 0.717) is 31.1 Å². The lowest BCUT2D eigenvalue weighted by atomic mass is 10.0. The van der Waals surface area contributed by atoms with Gasteiger partial charge in [0.15, 0.2) is 0 Å². The summed E-state index contributed by atoms with van der Waals surface area (Å²) in [5.41, 5.74) is 0.535. The molecular formula is C18H22FN3O2. The quantitative estimate of drug-likeness (QED) is 0.834. The van der Waals surface area contributed by atoms with Gasteiger partial charge in [0.1, 0.15) is 5.82 Å². The summed E-state index contributed by atoms with van der Waals surface area (Å²) in [6, 6.07) is 5.22. The van der Waals surface area contributed by atoms with Crippen LogP contribution in [0.1, 0.15) is 25.7 Å². The zero-order valence-corrected chi connectivity index (χ0v) is 13.5. The van der Waals surface area contributed by atoms with Gasteiger partial charge in [0.2, 0.25) is 5.91 Å². The van der Waals surface area contributed by atoms with Crippen LogP contribution in [0.4, 0.5) is 14.9 Å². The van der Waals surface area contributed by atoms with Gasteiger partial charge in [-0.15, -0.1) is 0 Å². The van der Waals surface area contributed by atoms with Crippen LogP contribution in [-0.4, -0.2) is 36.0 Å². The van der Waals surface area contributed by atoms with E-state index in [4.69, 9.17) is 0 Å². The van der Waals surface area contributed by atoms with Crippen LogP contribution in [0.3, 0.4) is 0 Å². The first kappa shape index (κ1) is 16.5. The Hall–Kier alpha value is -2.37. The molecule has 0 aromatic heterocycles. The molecule has 3 rings (SSSR count). The minimum atomic E-state index is -0.344. The van der Waals surface area contributed by atoms with Gasteiger partial charge >= 0.3 is 6.03 Å². The molecule has 0 bridgehead atoms. The summed E-state index contributed by atoms with van der Waals surface area (Å²) in [7, 11) is 0. The summed E-state index contributed by atoms with van der Waals surface area (Å²) in [6.07, 6.45) is 7.69. The summed E-state index contributed by atoms with van der Waals surface area (Å²) in [6.45, 7) is 1.23. The fourth-order valence-electron chi connectivity index (χ4n) is 3.21. The van der Waals surface area contributed by atoms with Crippen LogP contribution in [0.2, 0.25) is 0 Å². The van der Waals surface area contributed by atoms with E-state index in [-0.39, 0.29) is 23.8 Å². The van der Waals surface area contributed by atoms with Gasteiger partial charge in [-0.05, 0) is 49.4 Å². The van der Waals surface area contributed by atoms with E-state index in [0.717, 1.165) is 19.3 Å². The Morgan fingerprint density at radius 2 is 2.00 bits per heavy atom. The largest absolute Gasteiger partial charge is 0.341 e. The van der Waals surface area contributed by atoms with E-state index >= 15 is 0 Å². The SMILES string of the molecule is O=C(Nc1ccc(F)cc1)N[C@@H]1CCN(C(=O)C[C@@H]2C=CCC2)C1. The van der Waals surface area contributed by atoms with Gasteiger partial charge in [-0.2, -0.15) is 0 Å². The monoisotopic (exact) mass is 331 g/mol. The third-order valence-corrected chi connectivity index (χ3v) is 4.53. The second-order valence-electron chi connectivity index (χ2n) is 6.40. The fourth-order valence-corrected chi connectivity index (χ4v) is 3.21. The molecule has 1 aliphatic heterocycles. The van der Waals surface area contributed by atoms with E-state index in [1.165, 1.54) is 24.3 Å². The van der Waals surface area contributed by atoms with Crippen molar-refractivity contribution in [1.82, 2.24) is 10.2 Å². The molecule has 128 valence electrons. The van der Waals surface area contributed by atoms with E-state index in [1.807, 2.05) is 4.90 Å². The Balaban J connectivity index is 1.43. The normalized spacial score (nSPS) is 22.6. The summed E-state index contributed by atoms with van der Waals surface area (Å²) >= 11 is 0. The first-order valence-electron chi connectivity index (χ1n) is 8.37. The van der Waals surface area contributed by atoms with Crippen LogP contribution < -0.4 is 10.6 Å². The fraction of sp³-hybridized carbons (Fsp3) is 0.444. The Morgan fingerprint density at radius 3 is 2.71 bits per heavy atom. The van der Waals surface area contributed by atoms with Crippen molar-refractivity contribution < 1.29 is 14.0 Å². The molecule has 6 heteroatoms. The molecule has 24 heavy (non-hydrogen) atoms. The smallest absolute Gasteiger partial charge is 0.319 e. The highest BCUT2D eigenvalue weighted by Gasteiger charge is 2.28. The highest BCUT2D eigenvalue weighted by atomic mass is 19.1. The Morgan fingerprint density at radius 1 is 1.21 bits per heavy atom. The number of hydrogen-bond donors (Lipinski definition) is 2. The average Bonchev–Trinajstić information content (AvgIpc) is 3.21. The number of benzene rings is 1. The topological polar surface area (TPSA) is 61.4 Å². The Bertz CT molecular complexity index is 630. The van der Waals surface area contributed by atoms with Crippen LogP contribution in [0.15, 0.2) is 36.4 Å². The number of halogens is 1.